The van der Waals surface area contributed by atoms with Crippen molar-refractivity contribution in [2.45, 2.75) is 50.5 Å². The summed E-state index contributed by atoms with van der Waals surface area (Å²) in [5.41, 5.74) is 1.43. The SMILES string of the molecule is CCCc1nn(C)c2c(=O)nc(-c3cc(S(=O)(=O)N4CCC(C(O)CO[N+](=O)[O-])CC4)ccc3OCC)[nH]c12. The van der Waals surface area contributed by atoms with E-state index in [9.17, 15) is 28.4 Å². The third-order valence-electron chi connectivity index (χ3n) is 6.80. The van der Waals surface area contributed by atoms with Gasteiger partial charge in [0.15, 0.2) is 5.52 Å². The second-order valence-corrected chi connectivity index (χ2v) is 11.3. The van der Waals surface area contributed by atoms with Crippen molar-refractivity contribution < 1.29 is 28.2 Å². The van der Waals surface area contributed by atoms with Crippen LogP contribution in [0.4, 0.5) is 0 Å². The molecule has 2 N–H and O–H groups in total. The smallest absolute Gasteiger partial charge is 0.299 e. The second-order valence-electron chi connectivity index (χ2n) is 9.35. The van der Waals surface area contributed by atoms with Crippen LogP contribution in [-0.4, -0.2) is 75.1 Å². The molecule has 212 valence electrons. The topological polar surface area (TPSA) is 183 Å². The van der Waals surface area contributed by atoms with Gasteiger partial charge in [-0.25, -0.2) is 8.42 Å². The number of piperidine rings is 1. The van der Waals surface area contributed by atoms with E-state index in [0.29, 0.717) is 53.9 Å². The zero-order valence-electron chi connectivity index (χ0n) is 22.0. The number of nitrogens with one attached hydrogen (secondary N) is 1. The number of benzene rings is 1. The highest BCUT2D eigenvalue weighted by Crippen LogP contribution is 2.33. The van der Waals surface area contributed by atoms with E-state index >= 15 is 0 Å². The van der Waals surface area contributed by atoms with Gasteiger partial charge in [0.25, 0.3) is 10.6 Å². The Balaban J connectivity index is 1.66. The minimum Gasteiger partial charge on any atom is -0.493 e. The van der Waals surface area contributed by atoms with Gasteiger partial charge in [0.05, 0.1) is 34.4 Å². The molecular formula is C24H32N6O8S. The van der Waals surface area contributed by atoms with E-state index in [1.54, 1.807) is 14.0 Å². The number of nitrogens with zero attached hydrogens (tertiary/aromatic N) is 5. The summed E-state index contributed by atoms with van der Waals surface area (Å²) in [6.07, 6.45) is 1.03. The number of ether oxygens (including phenoxy) is 1. The number of fused-ring (bicyclic) bond motifs is 1. The molecule has 15 heteroatoms. The molecule has 1 saturated heterocycles. The van der Waals surface area contributed by atoms with Crippen LogP contribution in [0.25, 0.3) is 22.4 Å². The molecule has 0 aliphatic carbocycles. The van der Waals surface area contributed by atoms with Crippen LogP contribution in [0.3, 0.4) is 0 Å². The monoisotopic (exact) mass is 564 g/mol. The number of sulfonamides is 1. The van der Waals surface area contributed by atoms with Crippen LogP contribution in [0.1, 0.15) is 38.8 Å². The highest BCUT2D eigenvalue weighted by molar-refractivity contribution is 7.89. The molecule has 1 fully saturated rings. The summed E-state index contributed by atoms with van der Waals surface area (Å²) >= 11 is 0. The number of rotatable bonds is 11. The summed E-state index contributed by atoms with van der Waals surface area (Å²) in [7, 11) is -2.27. The Bertz CT molecular complexity index is 1510. The summed E-state index contributed by atoms with van der Waals surface area (Å²) in [4.78, 5) is 35.0. The minimum absolute atomic E-state index is 0.000601. The van der Waals surface area contributed by atoms with Crippen molar-refractivity contribution in [2.24, 2.45) is 13.0 Å². The molecule has 0 saturated carbocycles. The first kappa shape index (κ1) is 28.4. The number of hydrogen-bond acceptors (Lipinski definition) is 10. The van der Waals surface area contributed by atoms with Gasteiger partial charge in [-0.1, -0.05) is 13.3 Å². The van der Waals surface area contributed by atoms with Gasteiger partial charge in [-0.05, 0) is 50.3 Å². The maximum absolute atomic E-state index is 13.6. The van der Waals surface area contributed by atoms with Crippen molar-refractivity contribution in [3.8, 4) is 17.1 Å². The van der Waals surface area contributed by atoms with Gasteiger partial charge in [-0.3, -0.25) is 9.48 Å². The molecule has 4 rings (SSSR count). The molecule has 1 aromatic carbocycles. The first-order chi connectivity index (χ1) is 18.6. The molecular weight excluding hydrogens is 532 g/mol. The summed E-state index contributed by atoms with van der Waals surface area (Å²) in [6.45, 7) is 3.91. The largest absolute Gasteiger partial charge is 0.493 e. The molecule has 3 aromatic rings. The molecule has 0 amide bonds. The summed E-state index contributed by atoms with van der Waals surface area (Å²) in [5, 5.41) is 24.0. The van der Waals surface area contributed by atoms with Gasteiger partial charge in [0.2, 0.25) is 10.0 Å². The molecule has 1 atom stereocenters. The van der Waals surface area contributed by atoms with E-state index in [0.717, 1.165) is 6.42 Å². The van der Waals surface area contributed by atoms with Gasteiger partial charge in [0, 0.05) is 20.1 Å². The van der Waals surface area contributed by atoms with Gasteiger partial charge in [-0.15, -0.1) is 10.1 Å². The predicted molar refractivity (Wildman–Crippen MR) is 140 cm³/mol. The highest BCUT2D eigenvalue weighted by Gasteiger charge is 2.33. The summed E-state index contributed by atoms with van der Waals surface area (Å²) in [6, 6.07) is 4.42. The number of aromatic nitrogens is 4. The molecule has 14 nitrogen and oxygen atoms in total. The molecule has 39 heavy (non-hydrogen) atoms. The fraction of sp³-hybridized carbons (Fsp3) is 0.542. The average molecular weight is 565 g/mol. The highest BCUT2D eigenvalue weighted by atomic mass is 32.2. The second kappa shape index (κ2) is 11.7. The van der Waals surface area contributed by atoms with Crippen LogP contribution in [0.5, 0.6) is 5.75 Å². The molecule has 0 spiro atoms. The predicted octanol–water partition coefficient (Wildman–Crippen LogP) is 1.64. The average Bonchev–Trinajstić information content (AvgIpc) is 3.23. The van der Waals surface area contributed by atoms with E-state index in [2.05, 4.69) is 19.9 Å². The van der Waals surface area contributed by atoms with Gasteiger partial charge in [-0.2, -0.15) is 14.4 Å². The zero-order valence-corrected chi connectivity index (χ0v) is 22.8. The quantitative estimate of drug-likeness (QED) is 0.256. The van der Waals surface area contributed by atoms with Crippen LogP contribution in [0.2, 0.25) is 0 Å². The number of hydrogen-bond donors (Lipinski definition) is 2. The number of aliphatic hydroxyl groups is 1. The molecule has 3 heterocycles. The molecule has 1 unspecified atom stereocenters. The summed E-state index contributed by atoms with van der Waals surface area (Å²) < 4.78 is 35.7. The fourth-order valence-corrected chi connectivity index (χ4v) is 6.35. The lowest BCUT2D eigenvalue weighted by Gasteiger charge is -2.33. The van der Waals surface area contributed by atoms with Crippen molar-refractivity contribution in [1.29, 1.82) is 0 Å². The van der Waals surface area contributed by atoms with Crippen molar-refractivity contribution in [2.75, 3.05) is 26.3 Å². The van der Waals surface area contributed by atoms with Crippen LogP contribution < -0.4 is 10.3 Å². The first-order valence-electron chi connectivity index (χ1n) is 12.7. The number of H-pyrrole nitrogens is 1. The maximum Gasteiger partial charge on any atom is 0.299 e. The van der Waals surface area contributed by atoms with Crippen molar-refractivity contribution in [1.82, 2.24) is 24.1 Å². The van der Waals surface area contributed by atoms with E-state index < -0.39 is 33.4 Å². The van der Waals surface area contributed by atoms with Crippen LogP contribution >= 0.6 is 0 Å². The third-order valence-corrected chi connectivity index (χ3v) is 8.70. The molecule has 1 aliphatic rings. The lowest BCUT2D eigenvalue weighted by Crippen LogP contribution is -2.42. The molecule has 1 aliphatic heterocycles. The Kier molecular flexibility index (Phi) is 8.51. The Morgan fingerprint density at radius 2 is 2.00 bits per heavy atom. The lowest BCUT2D eigenvalue weighted by molar-refractivity contribution is -0.759. The van der Waals surface area contributed by atoms with E-state index in [1.165, 1.54) is 27.2 Å². The zero-order chi connectivity index (χ0) is 28.3. The Labute approximate surface area is 224 Å². The van der Waals surface area contributed by atoms with E-state index in [-0.39, 0.29) is 29.7 Å². The standard InChI is InChI=1S/C24H32N6O8S/c1-4-6-18-21-22(28(3)27-18)24(32)26-23(25-21)17-13-16(7-8-20(17)37-5-2)39(35,36)29-11-9-15(10-12-29)19(31)14-38-30(33)34/h7-8,13,15,19,31H,4-6,9-12,14H2,1-3H3,(H,25,26,32). The first-order valence-corrected chi connectivity index (χ1v) is 14.2. The van der Waals surface area contributed by atoms with Crippen LogP contribution in [0, 0.1) is 16.0 Å². The Hall–Kier alpha value is -3.56. The normalized spacial score (nSPS) is 15.9. The van der Waals surface area contributed by atoms with E-state index in [4.69, 9.17) is 4.74 Å². The maximum atomic E-state index is 13.6. The van der Waals surface area contributed by atoms with Crippen LogP contribution in [-0.2, 0) is 28.3 Å². The molecule has 0 radical (unpaired) electrons. The van der Waals surface area contributed by atoms with Crippen molar-refractivity contribution in [3.63, 3.8) is 0 Å². The summed E-state index contributed by atoms with van der Waals surface area (Å²) in [5.74, 6) is 0.212. The number of aromatic amines is 1. The third kappa shape index (κ3) is 5.89. The van der Waals surface area contributed by atoms with Crippen molar-refractivity contribution in [3.05, 3.63) is 44.4 Å². The lowest BCUT2D eigenvalue weighted by atomic mass is 9.93. The fourth-order valence-electron chi connectivity index (χ4n) is 4.86. The minimum atomic E-state index is -3.94. The molecule has 2 aromatic heterocycles. The number of aliphatic hydroxyl groups excluding tert-OH is 1. The van der Waals surface area contributed by atoms with Crippen LogP contribution in [0.15, 0.2) is 27.9 Å². The Morgan fingerprint density at radius 3 is 2.64 bits per heavy atom. The van der Waals surface area contributed by atoms with Gasteiger partial charge >= 0.3 is 0 Å². The molecule has 0 bridgehead atoms. The number of aryl methyl sites for hydroxylation is 2. The van der Waals surface area contributed by atoms with E-state index in [1.807, 2.05) is 6.92 Å². The Morgan fingerprint density at radius 1 is 1.28 bits per heavy atom. The van der Waals surface area contributed by atoms with Gasteiger partial charge < -0.3 is 19.7 Å². The van der Waals surface area contributed by atoms with Gasteiger partial charge in [0.1, 0.15) is 18.2 Å². The van der Waals surface area contributed by atoms with Crippen molar-refractivity contribution >= 4 is 21.1 Å².